The highest BCUT2D eigenvalue weighted by Crippen LogP contribution is 2.18. The van der Waals surface area contributed by atoms with Gasteiger partial charge in [0.2, 0.25) is 0 Å². The van der Waals surface area contributed by atoms with Crippen molar-refractivity contribution in [1.82, 2.24) is 15.3 Å². The zero-order valence-electron chi connectivity index (χ0n) is 14.5. The normalized spacial score (nSPS) is 20.2. The minimum atomic E-state index is -0.293. The fourth-order valence-corrected chi connectivity index (χ4v) is 2.85. The number of nitrogens with zero attached hydrogens (tertiary/aromatic N) is 3. The maximum atomic E-state index is 11.9. The summed E-state index contributed by atoms with van der Waals surface area (Å²) in [6, 6.07) is 9.02. The lowest BCUT2D eigenvalue weighted by Crippen LogP contribution is -2.45. The predicted molar refractivity (Wildman–Crippen MR) is 96.6 cm³/mol. The van der Waals surface area contributed by atoms with Gasteiger partial charge >= 0.3 is 6.03 Å². The molecular weight excluding hydrogens is 318 g/mol. The number of carbonyl (C=O) groups is 1. The molecule has 7 heteroatoms. The lowest BCUT2D eigenvalue weighted by Gasteiger charge is -2.36. The largest absolute Gasteiger partial charge is 0.372 e. The fourth-order valence-electron chi connectivity index (χ4n) is 2.85. The van der Waals surface area contributed by atoms with E-state index in [0.717, 1.165) is 24.5 Å². The summed E-state index contributed by atoms with van der Waals surface area (Å²) in [6.07, 6.45) is 3.82. The minimum absolute atomic E-state index is 0.196. The molecule has 0 aromatic carbocycles. The van der Waals surface area contributed by atoms with Crippen LogP contribution >= 0.6 is 0 Å². The number of pyridine rings is 2. The Labute approximate surface area is 147 Å². The number of carbonyl (C=O) groups excluding carboxylic acids is 1. The molecular formula is C18H23N5O2. The van der Waals surface area contributed by atoms with Crippen molar-refractivity contribution in [3.05, 3.63) is 48.3 Å². The molecule has 1 fully saturated rings. The van der Waals surface area contributed by atoms with Crippen LogP contribution in [-0.4, -0.2) is 41.3 Å². The molecule has 0 saturated carbocycles. The SMILES string of the molecule is CC1CN(c2ccc(CNC(=O)Nc3ccccn3)cn2)CC(C)O1. The van der Waals surface area contributed by atoms with Gasteiger partial charge in [-0.3, -0.25) is 5.32 Å². The number of ether oxygens (including phenoxy) is 1. The molecule has 3 heterocycles. The summed E-state index contributed by atoms with van der Waals surface area (Å²) < 4.78 is 5.75. The van der Waals surface area contributed by atoms with Crippen molar-refractivity contribution < 1.29 is 9.53 Å². The van der Waals surface area contributed by atoms with Gasteiger partial charge in [0, 0.05) is 32.0 Å². The van der Waals surface area contributed by atoms with Crippen LogP contribution < -0.4 is 15.5 Å². The van der Waals surface area contributed by atoms with Crippen LogP contribution in [0.5, 0.6) is 0 Å². The standard InChI is InChI=1S/C18H23N5O2/c1-13-11-23(12-14(2)25-13)17-7-6-15(9-20-17)10-21-18(24)22-16-5-3-4-8-19-16/h3-9,13-14H,10-12H2,1-2H3,(H2,19,21,22,24). The van der Waals surface area contributed by atoms with Crippen LogP contribution in [-0.2, 0) is 11.3 Å². The predicted octanol–water partition coefficient (Wildman–Crippen LogP) is 2.41. The molecule has 0 spiro atoms. The van der Waals surface area contributed by atoms with Crippen LogP contribution in [0.2, 0.25) is 0 Å². The summed E-state index contributed by atoms with van der Waals surface area (Å²) >= 11 is 0. The van der Waals surface area contributed by atoms with Crippen molar-refractivity contribution in [2.45, 2.75) is 32.6 Å². The number of aromatic nitrogens is 2. The van der Waals surface area contributed by atoms with E-state index in [9.17, 15) is 4.79 Å². The average Bonchev–Trinajstić information content (AvgIpc) is 2.60. The van der Waals surface area contributed by atoms with Crippen LogP contribution in [0.1, 0.15) is 19.4 Å². The molecule has 3 rings (SSSR count). The molecule has 2 aromatic heterocycles. The second-order valence-electron chi connectivity index (χ2n) is 6.21. The van der Waals surface area contributed by atoms with E-state index in [1.807, 2.05) is 18.2 Å². The molecule has 2 aromatic rings. The van der Waals surface area contributed by atoms with Gasteiger partial charge in [-0.2, -0.15) is 0 Å². The van der Waals surface area contributed by atoms with Crippen LogP contribution in [0.15, 0.2) is 42.7 Å². The fraction of sp³-hybridized carbons (Fsp3) is 0.389. The second-order valence-corrected chi connectivity index (χ2v) is 6.21. The van der Waals surface area contributed by atoms with E-state index in [2.05, 4.69) is 39.3 Å². The van der Waals surface area contributed by atoms with Crippen LogP contribution in [0.4, 0.5) is 16.4 Å². The van der Waals surface area contributed by atoms with Gasteiger partial charge in [-0.15, -0.1) is 0 Å². The van der Waals surface area contributed by atoms with Crippen molar-refractivity contribution in [2.75, 3.05) is 23.3 Å². The third-order valence-corrected chi connectivity index (χ3v) is 3.91. The minimum Gasteiger partial charge on any atom is -0.372 e. The quantitative estimate of drug-likeness (QED) is 0.893. The average molecular weight is 341 g/mol. The van der Waals surface area contributed by atoms with Crippen molar-refractivity contribution in [2.24, 2.45) is 0 Å². The van der Waals surface area contributed by atoms with E-state index >= 15 is 0 Å². The van der Waals surface area contributed by atoms with Crippen LogP contribution in [0, 0.1) is 0 Å². The van der Waals surface area contributed by atoms with E-state index in [4.69, 9.17) is 4.74 Å². The molecule has 25 heavy (non-hydrogen) atoms. The number of rotatable bonds is 4. The summed E-state index contributed by atoms with van der Waals surface area (Å²) in [5.74, 6) is 1.45. The Bertz CT molecular complexity index is 682. The molecule has 0 bridgehead atoms. The maximum Gasteiger partial charge on any atom is 0.320 e. The van der Waals surface area contributed by atoms with Crippen molar-refractivity contribution in [3.63, 3.8) is 0 Å². The number of nitrogens with one attached hydrogen (secondary N) is 2. The van der Waals surface area contributed by atoms with Gasteiger partial charge in [-0.05, 0) is 37.6 Å². The Kier molecular flexibility index (Phi) is 5.45. The molecule has 1 aliphatic heterocycles. The molecule has 0 aliphatic carbocycles. The lowest BCUT2D eigenvalue weighted by molar-refractivity contribution is -0.00546. The number of anilines is 2. The Balaban J connectivity index is 1.51. The van der Waals surface area contributed by atoms with E-state index in [1.165, 1.54) is 0 Å². The molecule has 2 N–H and O–H groups in total. The number of morpholine rings is 1. The number of amides is 2. The lowest BCUT2D eigenvalue weighted by atomic mass is 10.2. The summed E-state index contributed by atoms with van der Waals surface area (Å²) in [5, 5.41) is 5.48. The molecule has 2 unspecified atom stereocenters. The summed E-state index contributed by atoms with van der Waals surface area (Å²) in [4.78, 5) is 22.7. The molecule has 2 atom stereocenters. The summed E-state index contributed by atoms with van der Waals surface area (Å²) in [6.45, 7) is 6.22. The molecule has 1 saturated heterocycles. The molecule has 132 valence electrons. The molecule has 1 aliphatic rings. The first-order valence-electron chi connectivity index (χ1n) is 8.41. The zero-order valence-corrected chi connectivity index (χ0v) is 14.5. The van der Waals surface area contributed by atoms with Gasteiger partial charge in [0.05, 0.1) is 12.2 Å². The van der Waals surface area contributed by atoms with Crippen molar-refractivity contribution >= 4 is 17.7 Å². The summed E-state index contributed by atoms with van der Waals surface area (Å²) in [5.41, 5.74) is 0.939. The van der Waals surface area contributed by atoms with E-state index < -0.39 is 0 Å². The molecule has 0 radical (unpaired) electrons. The van der Waals surface area contributed by atoms with Crippen LogP contribution in [0.25, 0.3) is 0 Å². The first-order valence-corrected chi connectivity index (χ1v) is 8.41. The van der Waals surface area contributed by atoms with Crippen LogP contribution in [0.3, 0.4) is 0 Å². The first kappa shape index (κ1) is 17.2. The first-order chi connectivity index (χ1) is 12.1. The molecule has 7 nitrogen and oxygen atoms in total. The van der Waals surface area contributed by atoms with E-state index in [-0.39, 0.29) is 18.2 Å². The Morgan fingerprint density at radius 3 is 2.64 bits per heavy atom. The third-order valence-electron chi connectivity index (χ3n) is 3.91. The number of hydrogen-bond donors (Lipinski definition) is 2. The molecule has 2 amide bonds. The van der Waals surface area contributed by atoms with Crippen molar-refractivity contribution in [1.29, 1.82) is 0 Å². The maximum absolute atomic E-state index is 11.9. The monoisotopic (exact) mass is 341 g/mol. The van der Waals surface area contributed by atoms with Gasteiger partial charge in [0.15, 0.2) is 0 Å². The number of urea groups is 1. The van der Waals surface area contributed by atoms with Gasteiger partial charge in [0.1, 0.15) is 11.6 Å². The second kappa shape index (κ2) is 7.94. The Morgan fingerprint density at radius 1 is 1.20 bits per heavy atom. The van der Waals surface area contributed by atoms with Crippen molar-refractivity contribution in [3.8, 4) is 0 Å². The smallest absolute Gasteiger partial charge is 0.320 e. The van der Waals surface area contributed by atoms with E-state index in [0.29, 0.717) is 12.4 Å². The Morgan fingerprint density at radius 2 is 2.00 bits per heavy atom. The number of hydrogen-bond acceptors (Lipinski definition) is 5. The topological polar surface area (TPSA) is 79.4 Å². The zero-order chi connectivity index (χ0) is 17.6. The highest BCUT2D eigenvalue weighted by atomic mass is 16.5. The van der Waals surface area contributed by atoms with Gasteiger partial charge in [0.25, 0.3) is 0 Å². The highest BCUT2D eigenvalue weighted by molar-refractivity contribution is 5.88. The van der Waals surface area contributed by atoms with Gasteiger partial charge in [-0.1, -0.05) is 12.1 Å². The summed E-state index contributed by atoms with van der Waals surface area (Å²) in [7, 11) is 0. The third kappa shape index (κ3) is 4.90. The van der Waals surface area contributed by atoms with Gasteiger partial charge in [-0.25, -0.2) is 14.8 Å². The van der Waals surface area contributed by atoms with E-state index in [1.54, 1.807) is 24.5 Å². The highest BCUT2D eigenvalue weighted by Gasteiger charge is 2.22. The van der Waals surface area contributed by atoms with Gasteiger partial charge < -0.3 is 15.0 Å². The Hall–Kier alpha value is -2.67.